The molecular formula is C18H26N4O2S. The maximum atomic E-state index is 11.9. The van der Waals surface area contributed by atoms with Crippen LogP contribution >= 0.6 is 11.8 Å². The Balaban J connectivity index is 1.29. The molecule has 0 aliphatic carbocycles. The largest absolute Gasteiger partial charge is 0.353 e. The molecule has 136 valence electrons. The van der Waals surface area contributed by atoms with E-state index in [0.29, 0.717) is 18.2 Å². The first-order chi connectivity index (χ1) is 12.2. The van der Waals surface area contributed by atoms with Crippen molar-refractivity contribution in [1.82, 2.24) is 20.0 Å². The lowest BCUT2D eigenvalue weighted by Crippen LogP contribution is -2.48. The quantitative estimate of drug-likeness (QED) is 0.763. The van der Waals surface area contributed by atoms with E-state index < -0.39 is 0 Å². The van der Waals surface area contributed by atoms with Gasteiger partial charge in [-0.1, -0.05) is 30.3 Å². The zero-order chi connectivity index (χ0) is 17.5. The van der Waals surface area contributed by atoms with Crippen molar-refractivity contribution in [1.29, 1.82) is 0 Å². The zero-order valence-electron chi connectivity index (χ0n) is 14.5. The molecule has 3 rings (SSSR count). The van der Waals surface area contributed by atoms with E-state index >= 15 is 0 Å². The van der Waals surface area contributed by atoms with E-state index in [0.717, 1.165) is 39.3 Å². The summed E-state index contributed by atoms with van der Waals surface area (Å²) in [6.07, 6.45) is 0. The molecule has 1 N–H and O–H groups in total. The van der Waals surface area contributed by atoms with Crippen molar-refractivity contribution in [3.63, 3.8) is 0 Å². The molecule has 7 heteroatoms. The van der Waals surface area contributed by atoms with Gasteiger partial charge in [0, 0.05) is 45.8 Å². The number of hydrogen-bond acceptors (Lipinski definition) is 5. The van der Waals surface area contributed by atoms with Crippen molar-refractivity contribution in [2.24, 2.45) is 0 Å². The molecule has 2 saturated heterocycles. The summed E-state index contributed by atoms with van der Waals surface area (Å²) in [5.74, 6) is 1.14. The Hall–Kier alpha value is -1.57. The summed E-state index contributed by atoms with van der Waals surface area (Å²) in [4.78, 5) is 29.9. The lowest BCUT2D eigenvalue weighted by Gasteiger charge is -2.34. The van der Waals surface area contributed by atoms with Crippen LogP contribution in [0, 0.1) is 0 Å². The van der Waals surface area contributed by atoms with Crippen LogP contribution in [0.1, 0.15) is 5.56 Å². The predicted molar refractivity (Wildman–Crippen MR) is 100 cm³/mol. The minimum absolute atomic E-state index is 0.0569. The summed E-state index contributed by atoms with van der Waals surface area (Å²) in [5, 5.41) is 2.93. The molecular weight excluding hydrogens is 336 g/mol. The lowest BCUT2D eigenvalue weighted by atomic mass is 10.2. The van der Waals surface area contributed by atoms with Gasteiger partial charge < -0.3 is 10.2 Å². The summed E-state index contributed by atoms with van der Waals surface area (Å²) in [5.41, 5.74) is 1.36. The second-order valence-electron chi connectivity index (χ2n) is 6.52. The fraction of sp³-hybridized carbons (Fsp3) is 0.556. The number of thioether (sulfide) groups is 1. The van der Waals surface area contributed by atoms with Crippen LogP contribution in [0.15, 0.2) is 30.3 Å². The Kier molecular flexibility index (Phi) is 6.72. The van der Waals surface area contributed by atoms with E-state index in [1.807, 2.05) is 6.07 Å². The SMILES string of the molecule is O=C(CN1CSCC1=O)NCCN1CCN(Cc2ccccc2)CC1. The normalized spacial score (nSPS) is 19.4. The third-order valence-corrected chi connectivity index (χ3v) is 5.57. The smallest absolute Gasteiger partial charge is 0.239 e. The third kappa shape index (κ3) is 5.73. The first-order valence-electron chi connectivity index (χ1n) is 8.81. The Morgan fingerprint density at radius 1 is 1.08 bits per heavy atom. The highest BCUT2D eigenvalue weighted by Gasteiger charge is 2.23. The van der Waals surface area contributed by atoms with Crippen LogP contribution in [0.5, 0.6) is 0 Å². The Morgan fingerprint density at radius 3 is 2.48 bits per heavy atom. The molecule has 0 aromatic heterocycles. The molecule has 25 heavy (non-hydrogen) atoms. The molecule has 2 aliphatic rings. The Labute approximate surface area is 153 Å². The van der Waals surface area contributed by atoms with Crippen molar-refractivity contribution in [3.8, 4) is 0 Å². The van der Waals surface area contributed by atoms with Gasteiger partial charge in [0.15, 0.2) is 0 Å². The van der Waals surface area contributed by atoms with Gasteiger partial charge in [0.1, 0.15) is 6.54 Å². The molecule has 2 aliphatic heterocycles. The Bertz CT molecular complexity index is 576. The van der Waals surface area contributed by atoms with Crippen molar-refractivity contribution in [3.05, 3.63) is 35.9 Å². The standard InChI is InChI=1S/C18H26N4O2S/c23-17(13-22-15-25-14-18(22)24)19-6-7-20-8-10-21(11-9-20)12-16-4-2-1-3-5-16/h1-5H,6-15H2,(H,19,23). The van der Waals surface area contributed by atoms with E-state index in [9.17, 15) is 9.59 Å². The van der Waals surface area contributed by atoms with Crippen LogP contribution in [0.3, 0.4) is 0 Å². The molecule has 0 bridgehead atoms. The van der Waals surface area contributed by atoms with Gasteiger partial charge in [-0.2, -0.15) is 0 Å². The number of rotatable bonds is 7. The van der Waals surface area contributed by atoms with Gasteiger partial charge in [0.25, 0.3) is 0 Å². The van der Waals surface area contributed by atoms with Crippen LogP contribution in [0.2, 0.25) is 0 Å². The minimum Gasteiger partial charge on any atom is -0.353 e. The molecule has 6 nitrogen and oxygen atoms in total. The molecule has 2 amide bonds. The predicted octanol–water partition coefficient (Wildman–Crippen LogP) is 0.453. The molecule has 1 aromatic carbocycles. The maximum absolute atomic E-state index is 11.9. The molecule has 2 heterocycles. The first kappa shape index (κ1) is 18.2. The second-order valence-corrected chi connectivity index (χ2v) is 7.48. The van der Waals surface area contributed by atoms with E-state index in [-0.39, 0.29) is 18.4 Å². The molecule has 0 unspecified atom stereocenters. The highest BCUT2D eigenvalue weighted by atomic mass is 32.2. The van der Waals surface area contributed by atoms with Gasteiger partial charge in [-0.15, -0.1) is 11.8 Å². The van der Waals surface area contributed by atoms with Gasteiger partial charge in [-0.3, -0.25) is 19.4 Å². The number of carbonyl (C=O) groups is 2. The molecule has 2 fully saturated rings. The molecule has 1 aromatic rings. The number of benzene rings is 1. The number of piperazine rings is 1. The fourth-order valence-electron chi connectivity index (χ4n) is 3.14. The highest BCUT2D eigenvalue weighted by molar-refractivity contribution is 8.00. The number of amides is 2. The van der Waals surface area contributed by atoms with Gasteiger partial charge >= 0.3 is 0 Å². The van der Waals surface area contributed by atoms with Crippen LogP contribution in [0.25, 0.3) is 0 Å². The van der Waals surface area contributed by atoms with Gasteiger partial charge in [-0.25, -0.2) is 0 Å². The van der Waals surface area contributed by atoms with E-state index in [2.05, 4.69) is 39.4 Å². The monoisotopic (exact) mass is 362 g/mol. The average Bonchev–Trinajstić information content (AvgIpc) is 3.02. The lowest BCUT2D eigenvalue weighted by molar-refractivity contribution is -0.132. The van der Waals surface area contributed by atoms with E-state index in [1.165, 1.54) is 5.56 Å². The summed E-state index contributed by atoms with van der Waals surface area (Å²) < 4.78 is 0. The summed E-state index contributed by atoms with van der Waals surface area (Å²) in [6, 6.07) is 10.6. The average molecular weight is 362 g/mol. The van der Waals surface area contributed by atoms with Crippen LogP contribution in [-0.2, 0) is 16.1 Å². The van der Waals surface area contributed by atoms with Crippen molar-refractivity contribution < 1.29 is 9.59 Å². The first-order valence-corrected chi connectivity index (χ1v) is 9.97. The number of nitrogens with zero attached hydrogens (tertiary/aromatic N) is 3. The number of carbonyl (C=O) groups excluding carboxylic acids is 2. The van der Waals surface area contributed by atoms with Crippen molar-refractivity contribution in [2.45, 2.75) is 6.54 Å². The van der Waals surface area contributed by atoms with Crippen LogP contribution in [-0.4, -0.2) is 84.0 Å². The summed E-state index contributed by atoms with van der Waals surface area (Å²) >= 11 is 1.56. The minimum atomic E-state index is -0.0569. The fourth-order valence-corrected chi connectivity index (χ4v) is 4.04. The third-order valence-electron chi connectivity index (χ3n) is 4.62. The topological polar surface area (TPSA) is 55.9 Å². The zero-order valence-corrected chi connectivity index (χ0v) is 15.3. The second kappa shape index (κ2) is 9.22. The van der Waals surface area contributed by atoms with Crippen LogP contribution < -0.4 is 5.32 Å². The highest BCUT2D eigenvalue weighted by Crippen LogP contribution is 2.13. The van der Waals surface area contributed by atoms with E-state index in [4.69, 9.17) is 0 Å². The van der Waals surface area contributed by atoms with Crippen molar-refractivity contribution in [2.75, 3.05) is 57.4 Å². The van der Waals surface area contributed by atoms with Crippen LogP contribution in [0.4, 0.5) is 0 Å². The summed E-state index contributed by atoms with van der Waals surface area (Å²) in [7, 11) is 0. The van der Waals surface area contributed by atoms with E-state index in [1.54, 1.807) is 16.7 Å². The number of hydrogen-bond donors (Lipinski definition) is 1. The summed E-state index contributed by atoms with van der Waals surface area (Å²) in [6.45, 7) is 6.89. The number of nitrogens with one attached hydrogen (secondary N) is 1. The van der Waals surface area contributed by atoms with Crippen molar-refractivity contribution >= 4 is 23.6 Å². The molecule has 0 saturated carbocycles. The molecule has 0 radical (unpaired) electrons. The van der Waals surface area contributed by atoms with Gasteiger partial charge in [0.2, 0.25) is 11.8 Å². The molecule has 0 atom stereocenters. The van der Waals surface area contributed by atoms with Gasteiger partial charge in [-0.05, 0) is 5.56 Å². The Morgan fingerprint density at radius 2 is 1.80 bits per heavy atom. The maximum Gasteiger partial charge on any atom is 0.239 e. The van der Waals surface area contributed by atoms with Gasteiger partial charge in [0.05, 0.1) is 11.6 Å². The molecule has 0 spiro atoms.